The second-order valence-electron chi connectivity index (χ2n) is 1.40. The van der Waals surface area contributed by atoms with Gasteiger partial charge in [0.25, 0.3) is 0 Å². The van der Waals surface area contributed by atoms with Gasteiger partial charge in [0.1, 0.15) is 0 Å². The third kappa shape index (κ3) is 5.79. The summed E-state index contributed by atoms with van der Waals surface area (Å²) in [6, 6.07) is 0. The van der Waals surface area contributed by atoms with Crippen molar-refractivity contribution in [1.29, 1.82) is 0 Å². The minimum absolute atomic E-state index is 0.216. The average Bonchev–Trinajstić information content (AvgIpc) is 1.63. The minimum atomic E-state index is 0.216. The molecule has 2 nitrogen and oxygen atoms in total. The van der Waals surface area contributed by atoms with Crippen molar-refractivity contribution in [2.75, 3.05) is 5.75 Å². The van der Waals surface area contributed by atoms with Crippen LogP contribution >= 0.6 is 24.0 Å². The lowest BCUT2D eigenvalue weighted by molar-refractivity contribution is 1.53. The molecular formula is C5H10N2S2. The molecule has 0 atom stereocenters. The molecule has 0 aliphatic heterocycles. The van der Waals surface area contributed by atoms with Crippen LogP contribution in [-0.2, 0) is 0 Å². The van der Waals surface area contributed by atoms with E-state index in [2.05, 4.69) is 24.1 Å². The van der Waals surface area contributed by atoms with E-state index in [4.69, 9.17) is 5.73 Å². The molecule has 0 fully saturated rings. The van der Waals surface area contributed by atoms with Gasteiger partial charge in [-0.3, -0.25) is 0 Å². The van der Waals surface area contributed by atoms with E-state index in [1.165, 1.54) is 0 Å². The van der Waals surface area contributed by atoms with Gasteiger partial charge in [-0.2, -0.15) is 0 Å². The van der Waals surface area contributed by atoms with Crippen molar-refractivity contribution in [3.63, 3.8) is 0 Å². The van der Waals surface area contributed by atoms with Crippen LogP contribution in [0, 0.1) is 0 Å². The number of hydrogen-bond acceptors (Lipinski definition) is 2. The highest BCUT2D eigenvalue weighted by Gasteiger charge is 1.88. The molecular weight excluding hydrogens is 152 g/mol. The van der Waals surface area contributed by atoms with Gasteiger partial charge in [0.15, 0.2) is 5.11 Å². The van der Waals surface area contributed by atoms with Crippen LogP contribution in [0.1, 0.15) is 13.8 Å². The Bertz CT molecular complexity index is 131. The molecule has 0 aromatic rings. The molecule has 0 aromatic heterocycles. The van der Waals surface area contributed by atoms with Gasteiger partial charge >= 0.3 is 0 Å². The van der Waals surface area contributed by atoms with Crippen LogP contribution in [0.25, 0.3) is 0 Å². The lowest BCUT2D eigenvalue weighted by atomic mass is 10.8. The fourth-order valence-corrected chi connectivity index (χ4v) is 1.17. The zero-order chi connectivity index (χ0) is 7.28. The third-order valence-electron chi connectivity index (χ3n) is 0.621. The van der Waals surface area contributed by atoms with Crippen molar-refractivity contribution >= 4 is 34.1 Å². The maximum absolute atomic E-state index is 5.15. The van der Waals surface area contributed by atoms with E-state index in [1.807, 2.05) is 6.92 Å². The average molecular weight is 162 g/mol. The number of aliphatic imine (C=N–C) groups is 1. The SMILES string of the molecule is CCS/C(C)=N/C(N)=S. The second kappa shape index (κ2) is 4.76. The van der Waals surface area contributed by atoms with Gasteiger partial charge in [0.2, 0.25) is 0 Å². The van der Waals surface area contributed by atoms with Crippen molar-refractivity contribution in [2.24, 2.45) is 10.7 Å². The number of rotatable bonds is 1. The largest absolute Gasteiger partial charge is 0.374 e. The monoisotopic (exact) mass is 162 g/mol. The van der Waals surface area contributed by atoms with E-state index >= 15 is 0 Å². The molecule has 0 rings (SSSR count). The highest BCUT2D eigenvalue weighted by atomic mass is 32.2. The molecule has 9 heavy (non-hydrogen) atoms. The fraction of sp³-hybridized carbons (Fsp3) is 0.600. The number of hydrogen-bond donors (Lipinski definition) is 1. The zero-order valence-electron chi connectivity index (χ0n) is 5.55. The Hall–Kier alpha value is -0.0900. The smallest absolute Gasteiger partial charge is 0.190 e. The van der Waals surface area contributed by atoms with E-state index < -0.39 is 0 Å². The Morgan fingerprint density at radius 2 is 2.33 bits per heavy atom. The van der Waals surface area contributed by atoms with Crippen LogP contribution in [0.2, 0.25) is 0 Å². The van der Waals surface area contributed by atoms with Crippen LogP contribution in [0.15, 0.2) is 4.99 Å². The first-order chi connectivity index (χ1) is 4.16. The molecule has 0 saturated carbocycles. The van der Waals surface area contributed by atoms with Crippen LogP contribution in [0.5, 0.6) is 0 Å². The topological polar surface area (TPSA) is 38.4 Å². The summed E-state index contributed by atoms with van der Waals surface area (Å²) < 4.78 is 0. The molecule has 0 bridgehead atoms. The Kier molecular flexibility index (Phi) is 4.71. The first-order valence-electron chi connectivity index (χ1n) is 2.64. The maximum atomic E-state index is 5.15. The van der Waals surface area contributed by atoms with Crippen molar-refractivity contribution in [3.05, 3.63) is 0 Å². The zero-order valence-corrected chi connectivity index (χ0v) is 7.18. The molecule has 0 aliphatic rings. The molecule has 0 aliphatic carbocycles. The van der Waals surface area contributed by atoms with Gasteiger partial charge in [-0.05, 0) is 24.9 Å². The molecule has 0 spiro atoms. The van der Waals surface area contributed by atoms with Crippen molar-refractivity contribution < 1.29 is 0 Å². The summed E-state index contributed by atoms with van der Waals surface area (Å²) >= 11 is 6.20. The van der Waals surface area contributed by atoms with Gasteiger partial charge in [-0.15, -0.1) is 11.8 Å². The number of thiocarbonyl (C=S) groups is 1. The highest BCUT2D eigenvalue weighted by molar-refractivity contribution is 8.13. The van der Waals surface area contributed by atoms with Gasteiger partial charge in [0, 0.05) is 0 Å². The first kappa shape index (κ1) is 8.91. The van der Waals surface area contributed by atoms with E-state index in [1.54, 1.807) is 11.8 Å². The first-order valence-corrected chi connectivity index (χ1v) is 4.03. The van der Waals surface area contributed by atoms with Crippen molar-refractivity contribution in [2.45, 2.75) is 13.8 Å². The lowest BCUT2D eigenvalue weighted by Crippen LogP contribution is -2.05. The molecule has 0 aromatic carbocycles. The van der Waals surface area contributed by atoms with E-state index in [0.29, 0.717) is 0 Å². The number of nitrogens with two attached hydrogens (primary N) is 1. The number of nitrogens with zero attached hydrogens (tertiary/aromatic N) is 1. The predicted octanol–water partition coefficient (Wildman–Crippen LogP) is 1.40. The summed E-state index contributed by atoms with van der Waals surface area (Å²) in [4.78, 5) is 3.86. The summed E-state index contributed by atoms with van der Waals surface area (Å²) in [6.07, 6.45) is 0. The molecule has 0 saturated heterocycles. The normalized spacial score (nSPS) is 11.6. The Morgan fingerprint density at radius 3 is 2.67 bits per heavy atom. The van der Waals surface area contributed by atoms with E-state index in [0.717, 1.165) is 10.8 Å². The minimum Gasteiger partial charge on any atom is -0.374 e. The summed E-state index contributed by atoms with van der Waals surface area (Å²) in [6.45, 7) is 3.95. The van der Waals surface area contributed by atoms with Crippen molar-refractivity contribution in [3.8, 4) is 0 Å². The van der Waals surface area contributed by atoms with Crippen molar-refractivity contribution in [1.82, 2.24) is 0 Å². The van der Waals surface area contributed by atoms with Crippen LogP contribution < -0.4 is 5.73 Å². The van der Waals surface area contributed by atoms with Gasteiger partial charge in [-0.25, -0.2) is 4.99 Å². The molecule has 4 heteroatoms. The Morgan fingerprint density at radius 1 is 1.78 bits per heavy atom. The molecule has 52 valence electrons. The summed E-state index contributed by atoms with van der Waals surface area (Å²) in [5.41, 5.74) is 5.15. The van der Waals surface area contributed by atoms with E-state index in [9.17, 15) is 0 Å². The molecule has 0 heterocycles. The highest BCUT2D eigenvalue weighted by Crippen LogP contribution is 2.01. The quantitative estimate of drug-likeness (QED) is 0.360. The number of thioether (sulfide) groups is 1. The van der Waals surface area contributed by atoms with Crippen LogP contribution in [-0.4, -0.2) is 15.9 Å². The Labute approximate surface area is 64.9 Å². The third-order valence-corrected chi connectivity index (χ3v) is 1.51. The Balaban J connectivity index is 3.69. The van der Waals surface area contributed by atoms with Crippen LogP contribution in [0.3, 0.4) is 0 Å². The summed E-state index contributed by atoms with van der Waals surface area (Å²) in [5.74, 6) is 1.01. The second-order valence-corrected chi connectivity index (χ2v) is 3.28. The molecule has 0 radical (unpaired) electrons. The maximum Gasteiger partial charge on any atom is 0.190 e. The van der Waals surface area contributed by atoms with Gasteiger partial charge in [0.05, 0.1) is 5.04 Å². The molecule has 2 N–H and O–H groups in total. The molecule has 0 amide bonds. The lowest BCUT2D eigenvalue weighted by Gasteiger charge is -1.93. The standard InChI is InChI=1S/C5H10N2S2/c1-3-9-4(2)7-5(6)8/h3H2,1-2H3,(H2,6,8)/b7-4+. The fourth-order valence-electron chi connectivity index (χ4n) is 0.396. The predicted molar refractivity (Wildman–Crippen MR) is 48.0 cm³/mol. The van der Waals surface area contributed by atoms with Crippen LogP contribution in [0.4, 0.5) is 0 Å². The van der Waals surface area contributed by atoms with Gasteiger partial charge in [-0.1, -0.05) is 6.92 Å². The summed E-state index contributed by atoms with van der Waals surface area (Å²) in [5, 5.41) is 1.15. The van der Waals surface area contributed by atoms with Gasteiger partial charge < -0.3 is 5.73 Å². The summed E-state index contributed by atoms with van der Waals surface area (Å²) in [7, 11) is 0. The molecule has 0 unspecified atom stereocenters. The van der Waals surface area contributed by atoms with E-state index in [-0.39, 0.29) is 5.11 Å².